The molecule has 0 heterocycles. The van der Waals surface area contributed by atoms with Crippen LogP contribution in [0.3, 0.4) is 0 Å². The van der Waals surface area contributed by atoms with Crippen molar-refractivity contribution in [1.82, 2.24) is 5.48 Å². The number of halogens is 1. The van der Waals surface area contributed by atoms with Crippen LogP contribution < -0.4 is 15.5 Å². The van der Waals surface area contributed by atoms with Gasteiger partial charge >= 0.3 is 6.09 Å². The summed E-state index contributed by atoms with van der Waals surface area (Å²) in [5.74, 6) is 0.00829. The molecular weight excluding hydrogens is 468 g/mol. The van der Waals surface area contributed by atoms with Crippen LogP contribution >= 0.6 is 15.9 Å². The number of carbonyl (C=O) groups excluding carboxylic acids is 2. The average molecular weight is 493 g/mol. The van der Waals surface area contributed by atoms with E-state index in [9.17, 15) is 9.59 Å². The largest absolute Gasteiger partial charge is 0.491 e. The second kappa shape index (κ2) is 13.4. The first-order chi connectivity index (χ1) is 15.0. The maximum Gasteiger partial charge on any atom is 0.412 e. The van der Waals surface area contributed by atoms with Gasteiger partial charge in [-0.15, -0.1) is 0 Å². The number of amides is 2. The van der Waals surface area contributed by atoms with Crippen molar-refractivity contribution in [1.29, 1.82) is 0 Å². The van der Waals surface area contributed by atoms with Gasteiger partial charge in [-0.2, -0.15) is 0 Å². The van der Waals surface area contributed by atoms with Gasteiger partial charge in [0, 0.05) is 16.2 Å². The third kappa shape index (κ3) is 9.20. The van der Waals surface area contributed by atoms with Crippen LogP contribution in [-0.4, -0.2) is 35.5 Å². The number of aliphatic hydroxyl groups is 1. The van der Waals surface area contributed by atoms with Gasteiger partial charge in [-0.05, 0) is 61.2 Å². The number of allylic oxidation sites excluding steroid dienone is 1. The first-order valence-corrected chi connectivity index (χ1v) is 10.5. The molecule has 0 aliphatic heterocycles. The lowest BCUT2D eigenvalue weighted by molar-refractivity contribution is -0.124. The fraction of sp³-hybridized carbons (Fsp3) is 0.273. The van der Waals surface area contributed by atoms with Gasteiger partial charge in [0.15, 0.2) is 0 Å². The van der Waals surface area contributed by atoms with Crippen molar-refractivity contribution in [3.05, 3.63) is 70.7 Å². The van der Waals surface area contributed by atoms with Gasteiger partial charge in [0.25, 0.3) is 5.91 Å². The third-order valence-electron chi connectivity index (χ3n) is 4.17. The maximum absolute atomic E-state index is 12.4. The number of hydroxylamine groups is 1. The van der Waals surface area contributed by atoms with Crippen molar-refractivity contribution in [3.8, 4) is 5.75 Å². The smallest absolute Gasteiger partial charge is 0.412 e. The quantitative estimate of drug-likeness (QED) is 0.160. The molecule has 0 spiro atoms. The molecule has 0 aliphatic carbocycles. The molecular formula is C22H25BrN2O6. The van der Waals surface area contributed by atoms with E-state index in [1.807, 2.05) is 12.1 Å². The lowest BCUT2D eigenvalue weighted by atomic mass is 10.0. The number of rotatable bonds is 11. The van der Waals surface area contributed by atoms with Gasteiger partial charge in [-0.25, -0.2) is 10.3 Å². The molecule has 2 amide bonds. The Kier molecular flexibility index (Phi) is 10.6. The van der Waals surface area contributed by atoms with E-state index in [0.29, 0.717) is 30.7 Å². The van der Waals surface area contributed by atoms with Crippen LogP contribution in [0.25, 0.3) is 0 Å². The number of nitrogens with one attached hydrogen (secondary N) is 2. The molecule has 0 saturated heterocycles. The Bertz CT molecular complexity index is 855. The Morgan fingerprint density at radius 2 is 1.81 bits per heavy atom. The molecule has 0 aliphatic rings. The zero-order valence-corrected chi connectivity index (χ0v) is 18.4. The molecule has 0 aromatic heterocycles. The highest BCUT2D eigenvalue weighted by atomic mass is 79.9. The van der Waals surface area contributed by atoms with Crippen molar-refractivity contribution >= 4 is 33.6 Å². The predicted molar refractivity (Wildman–Crippen MR) is 119 cm³/mol. The molecule has 2 aromatic carbocycles. The molecule has 8 nitrogen and oxygen atoms in total. The number of hydrogen-bond acceptors (Lipinski definition) is 6. The fourth-order valence-electron chi connectivity index (χ4n) is 2.69. The van der Waals surface area contributed by atoms with E-state index in [1.165, 1.54) is 11.6 Å². The summed E-state index contributed by atoms with van der Waals surface area (Å²) in [6.07, 6.45) is 3.52. The molecule has 166 valence electrons. The summed E-state index contributed by atoms with van der Waals surface area (Å²) in [7, 11) is 0. The molecule has 1 atom stereocenters. The fourth-order valence-corrected chi connectivity index (χ4v) is 2.96. The van der Waals surface area contributed by atoms with Crippen LogP contribution in [0.15, 0.2) is 65.2 Å². The van der Waals surface area contributed by atoms with Crippen LogP contribution in [0.4, 0.5) is 10.5 Å². The first-order valence-electron chi connectivity index (χ1n) is 9.69. The molecule has 9 heteroatoms. The van der Waals surface area contributed by atoms with Crippen molar-refractivity contribution in [3.63, 3.8) is 0 Å². The Morgan fingerprint density at radius 1 is 1.10 bits per heavy atom. The number of benzene rings is 2. The molecule has 0 saturated carbocycles. The average Bonchev–Trinajstić information content (AvgIpc) is 2.78. The third-order valence-corrected chi connectivity index (χ3v) is 4.70. The lowest BCUT2D eigenvalue weighted by Crippen LogP contribution is -2.17. The minimum absolute atomic E-state index is 0.0778. The number of aliphatic hydroxyl groups excluding tert-OH is 1. The Labute approximate surface area is 189 Å². The van der Waals surface area contributed by atoms with Crippen molar-refractivity contribution < 1.29 is 29.4 Å². The monoisotopic (exact) mass is 492 g/mol. The van der Waals surface area contributed by atoms with E-state index in [2.05, 4.69) is 21.2 Å². The summed E-state index contributed by atoms with van der Waals surface area (Å²) in [6, 6.07) is 14.2. The maximum atomic E-state index is 12.4. The minimum atomic E-state index is -0.597. The molecule has 0 bridgehead atoms. The van der Waals surface area contributed by atoms with E-state index in [0.717, 1.165) is 10.0 Å². The number of ether oxygens (including phenoxy) is 2. The van der Waals surface area contributed by atoms with Gasteiger partial charge < -0.3 is 14.6 Å². The van der Waals surface area contributed by atoms with Gasteiger partial charge in [0.1, 0.15) is 18.5 Å². The predicted octanol–water partition coefficient (Wildman–Crippen LogP) is 4.34. The van der Waals surface area contributed by atoms with E-state index in [4.69, 9.17) is 19.8 Å². The van der Waals surface area contributed by atoms with E-state index in [-0.39, 0.29) is 13.2 Å². The minimum Gasteiger partial charge on any atom is -0.491 e. The Morgan fingerprint density at radius 3 is 2.45 bits per heavy atom. The van der Waals surface area contributed by atoms with Crippen LogP contribution in [0.2, 0.25) is 0 Å². The van der Waals surface area contributed by atoms with Gasteiger partial charge in [0.05, 0.1) is 6.61 Å². The summed E-state index contributed by atoms with van der Waals surface area (Å²) in [5.41, 5.74) is 2.93. The van der Waals surface area contributed by atoms with E-state index >= 15 is 0 Å². The standard InChI is InChI=1S/C22H25BrN2O6/c23-17-8-10-18(11-9-17)24-22(28)31-20(4-2-1-3-5-21(27)25-29)16-6-12-19(13-7-16)30-15-14-26/h3,5-13,20,26,29H,1-2,4,14-15H2,(H,24,28)(H,25,27)/b5-3+/t20-/m1/s1. The summed E-state index contributed by atoms with van der Waals surface area (Å²) < 4.78 is 11.9. The molecule has 0 unspecified atom stereocenters. The van der Waals surface area contributed by atoms with Crippen molar-refractivity contribution in [2.45, 2.75) is 25.4 Å². The van der Waals surface area contributed by atoms with Gasteiger partial charge in [-0.3, -0.25) is 15.3 Å². The second-order valence-electron chi connectivity index (χ2n) is 6.48. The Balaban J connectivity index is 2.01. The highest BCUT2D eigenvalue weighted by molar-refractivity contribution is 9.10. The van der Waals surface area contributed by atoms with Crippen LogP contribution in [-0.2, 0) is 9.53 Å². The highest BCUT2D eigenvalue weighted by Crippen LogP contribution is 2.26. The lowest BCUT2D eigenvalue weighted by Gasteiger charge is -2.19. The molecule has 4 N–H and O–H groups in total. The summed E-state index contributed by atoms with van der Waals surface area (Å²) in [6.45, 7) is 0.119. The van der Waals surface area contributed by atoms with Crippen molar-refractivity contribution in [2.75, 3.05) is 18.5 Å². The molecule has 31 heavy (non-hydrogen) atoms. The number of anilines is 1. The first kappa shape index (κ1) is 24.4. The SMILES string of the molecule is O=C(/C=C/CCC[C@@H](OC(=O)Nc1ccc(Br)cc1)c1ccc(OCCO)cc1)NO. The zero-order valence-electron chi connectivity index (χ0n) is 16.8. The molecule has 0 fully saturated rings. The zero-order chi connectivity index (χ0) is 22.5. The Hall–Kier alpha value is -2.88. The van der Waals surface area contributed by atoms with Crippen LogP contribution in [0.1, 0.15) is 30.9 Å². The van der Waals surface area contributed by atoms with Gasteiger partial charge in [-0.1, -0.05) is 34.1 Å². The normalized spacial score (nSPS) is 11.7. The summed E-state index contributed by atoms with van der Waals surface area (Å²) in [4.78, 5) is 23.4. The topological polar surface area (TPSA) is 117 Å². The van der Waals surface area contributed by atoms with Crippen LogP contribution in [0, 0.1) is 0 Å². The van der Waals surface area contributed by atoms with E-state index in [1.54, 1.807) is 42.5 Å². The molecule has 2 rings (SSSR count). The number of hydrogen-bond donors (Lipinski definition) is 4. The van der Waals surface area contributed by atoms with Crippen LogP contribution in [0.5, 0.6) is 5.75 Å². The van der Waals surface area contributed by atoms with E-state index < -0.39 is 18.1 Å². The van der Waals surface area contributed by atoms with Crippen molar-refractivity contribution in [2.24, 2.45) is 0 Å². The highest BCUT2D eigenvalue weighted by Gasteiger charge is 2.17. The molecule has 2 aromatic rings. The summed E-state index contributed by atoms with van der Waals surface area (Å²) in [5, 5.41) is 20.1. The summed E-state index contributed by atoms with van der Waals surface area (Å²) >= 11 is 3.35. The molecule has 0 radical (unpaired) electrons. The number of unbranched alkanes of at least 4 members (excludes halogenated alkanes) is 1. The number of carbonyl (C=O) groups is 2. The van der Waals surface area contributed by atoms with Gasteiger partial charge in [0.2, 0.25) is 0 Å². The second-order valence-corrected chi connectivity index (χ2v) is 7.39.